The normalized spacial score (nSPS) is 15.9. The topological polar surface area (TPSA) is 112 Å². The Morgan fingerprint density at radius 1 is 1.06 bits per heavy atom. The molecule has 1 amide bonds. The Balaban J connectivity index is 1.41. The van der Waals surface area contributed by atoms with E-state index in [0.29, 0.717) is 48.2 Å². The maximum atomic E-state index is 13.0. The Morgan fingerprint density at radius 3 is 2.47 bits per heavy atom. The van der Waals surface area contributed by atoms with Crippen molar-refractivity contribution in [1.82, 2.24) is 14.9 Å². The van der Waals surface area contributed by atoms with Gasteiger partial charge in [0, 0.05) is 36.7 Å². The van der Waals surface area contributed by atoms with Gasteiger partial charge in [-0.15, -0.1) is 0 Å². The molecule has 180 valence electrons. The molecule has 8 nitrogen and oxygen atoms in total. The molecule has 1 aliphatic heterocycles. The average Bonchev–Trinajstić information content (AvgIpc) is 2.84. The fraction of sp³-hybridized carbons (Fsp3) is 0.400. The number of amides is 1. The largest absolute Gasteiger partial charge is 0.390 e. The first-order valence-corrected chi connectivity index (χ1v) is 13.1. The van der Waals surface area contributed by atoms with Crippen molar-refractivity contribution in [2.24, 2.45) is 0 Å². The number of unbranched alkanes of at least 4 members (excludes halogenated alkanes) is 2. The van der Waals surface area contributed by atoms with Gasteiger partial charge >= 0.3 is 0 Å². The predicted octanol–water partition coefficient (Wildman–Crippen LogP) is 3.98. The van der Waals surface area contributed by atoms with Gasteiger partial charge < -0.3 is 10.0 Å². The van der Waals surface area contributed by atoms with Crippen LogP contribution in [0.1, 0.15) is 55.8 Å². The summed E-state index contributed by atoms with van der Waals surface area (Å²) in [4.78, 5) is 23.0. The molecule has 2 aromatic carbocycles. The summed E-state index contributed by atoms with van der Waals surface area (Å²) in [5, 5.41) is 10.8. The molecule has 0 bridgehead atoms. The van der Waals surface area contributed by atoms with Gasteiger partial charge in [-0.05, 0) is 55.7 Å². The molecule has 2 N–H and O–H groups in total. The molecular weight excluding hydrogens is 452 g/mol. The lowest BCUT2D eigenvalue weighted by Crippen LogP contribution is -2.46. The van der Waals surface area contributed by atoms with Gasteiger partial charge in [0.2, 0.25) is 0 Å². The molecule has 34 heavy (non-hydrogen) atoms. The van der Waals surface area contributed by atoms with E-state index in [1.807, 2.05) is 0 Å². The van der Waals surface area contributed by atoms with Crippen molar-refractivity contribution in [3.8, 4) is 0 Å². The zero-order valence-corrected chi connectivity index (χ0v) is 20.1. The van der Waals surface area contributed by atoms with E-state index < -0.39 is 15.6 Å². The predicted molar refractivity (Wildman–Crippen MR) is 131 cm³/mol. The third kappa shape index (κ3) is 5.37. The summed E-state index contributed by atoms with van der Waals surface area (Å²) in [5.41, 5.74) is 0.936. The third-order valence-electron chi connectivity index (χ3n) is 6.36. The molecule has 4 rings (SSSR count). The van der Waals surface area contributed by atoms with E-state index in [4.69, 9.17) is 0 Å². The minimum absolute atomic E-state index is 0.0398. The standard InChI is InChI=1S/C25H30N4O4S/c1-2-3-4-12-25(31)13-17-29(18-14-25)24(30)19-8-10-20(11-9-19)28-34(32,33)22-7-5-6-21-23(22)27-16-15-26-21/h5-11,15-16,28,31H,2-4,12-14,17-18H2,1H3. The monoisotopic (exact) mass is 482 g/mol. The lowest BCUT2D eigenvalue weighted by Gasteiger charge is -2.38. The first-order chi connectivity index (χ1) is 16.3. The molecule has 1 aliphatic rings. The number of carbonyl (C=O) groups excluding carboxylic acids is 1. The number of benzene rings is 2. The molecule has 0 atom stereocenters. The number of carbonyl (C=O) groups is 1. The fourth-order valence-corrected chi connectivity index (χ4v) is 5.56. The Bertz CT molecular complexity index is 1250. The number of anilines is 1. The number of aliphatic hydroxyl groups is 1. The van der Waals surface area contributed by atoms with E-state index in [1.165, 1.54) is 18.5 Å². The summed E-state index contributed by atoms with van der Waals surface area (Å²) in [6.45, 7) is 3.16. The van der Waals surface area contributed by atoms with Crippen LogP contribution >= 0.6 is 0 Å². The van der Waals surface area contributed by atoms with Gasteiger partial charge in [-0.25, -0.2) is 8.42 Å². The number of hydrogen-bond acceptors (Lipinski definition) is 6. The maximum absolute atomic E-state index is 13.0. The van der Waals surface area contributed by atoms with Crippen molar-refractivity contribution >= 4 is 32.7 Å². The van der Waals surface area contributed by atoms with Gasteiger partial charge in [0.15, 0.2) is 0 Å². The Hall–Kier alpha value is -3.04. The number of nitrogens with zero attached hydrogens (tertiary/aromatic N) is 3. The van der Waals surface area contributed by atoms with Crippen LogP contribution in [-0.2, 0) is 10.0 Å². The first kappa shape index (κ1) is 24.1. The number of aromatic nitrogens is 2. The molecule has 0 saturated carbocycles. The Kier molecular flexibility index (Phi) is 7.13. The fourth-order valence-electron chi connectivity index (χ4n) is 4.34. The van der Waals surface area contributed by atoms with Crippen molar-refractivity contribution < 1.29 is 18.3 Å². The summed E-state index contributed by atoms with van der Waals surface area (Å²) in [6, 6.07) is 11.2. The van der Waals surface area contributed by atoms with Gasteiger partial charge in [-0.1, -0.05) is 32.3 Å². The highest BCUT2D eigenvalue weighted by Crippen LogP contribution is 2.29. The number of fused-ring (bicyclic) bond motifs is 1. The summed E-state index contributed by atoms with van der Waals surface area (Å²) in [5.74, 6) is -0.116. The third-order valence-corrected chi connectivity index (χ3v) is 7.78. The van der Waals surface area contributed by atoms with Crippen molar-refractivity contribution in [2.45, 2.75) is 55.9 Å². The minimum Gasteiger partial charge on any atom is -0.390 e. The van der Waals surface area contributed by atoms with E-state index in [2.05, 4.69) is 21.6 Å². The van der Waals surface area contributed by atoms with Crippen LogP contribution in [0.15, 0.2) is 59.8 Å². The number of para-hydroxylation sites is 1. The molecule has 1 saturated heterocycles. The van der Waals surface area contributed by atoms with Gasteiger partial charge in [-0.2, -0.15) is 0 Å². The molecule has 1 aromatic heterocycles. The van der Waals surface area contributed by atoms with Gasteiger partial charge in [-0.3, -0.25) is 19.5 Å². The Morgan fingerprint density at radius 2 is 1.76 bits per heavy atom. The van der Waals surface area contributed by atoms with Crippen molar-refractivity contribution in [2.75, 3.05) is 17.8 Å². The molecule has 2 heterocycles. The van der Waals surface area contributed by atoms with Crippen LogP contribution in [0.5, 0.6) is 0 Å². The zero-order chi connectivity index (χ0) is 24.2. The lowest BCUT2D eigenvalue weighted by atomic mass is 9.86. The van der Waals surface area contributed by atoms with E-state index in [9.17, 15) is 18.3 Å². The minimum atomic E-state index is -3.89. The lowest BCUT2D eigenvalue weighted by molar-refractivity contribution is -0.0245. The number of likely N-dealkylation sites (tertiary alicyclic amines) is 1. The van der Waals surface area contributed by atoms with E-state index in [0.717, 1.165) is 25.7 Å². The summed E-state index contributed by atoms with van der Waals surface area (Å²) in [6.07, 6.45) is 8.12. The second-order valence-corrected chi connectivity index (χ2v) is 10.5. The number of rotatable bonds is 8. The second kappa shape index (κ2) is 10.1. The van der Waals surface area contributed by atoms with Crippen LogP contribution in [0.25, 0.3) is 11.0 Å². The van der Waals surface area contributed by atoms with Crippen LogP contribution in [0.4, 0.5) is 5.69 Å². The van der Waals surface area contributed by atoms with Crippen LogP contribution in [0.3, 0.4) is 0 Å². The van der Waals surface area contributed by atoms with Gasteiger partial charge in [0.25, 0.3) is 15.9 Å². The number of piperidine rings is 1. The van der Waals surface area contributed by atoms with Crippen LogP contribution in [-0.4, -0.2) is 53.0 Å². The van der Waals surface area contributed by atoms with E-state index in [1.54, 1.807) is 41.3 Å². The van der Waals surface area contributed by atoms with Gasteiger partial charge in [0.1, 0.15) is 10.4 Å². The molecule has 0 radical (unpaired) electrons. The zero-order valence-electron chi connectivity index (χ0n) is 19.3. The molecule has 0 aliphatic carbocycles. The van der Waals surface area contributed by atoms with Crippen LogP contribution in [0.2, 0.25) is 0 Å². The van der Waals surface area contributed by atoms with Crippen LogP contribution in [0, 0.1) is 0 Å². The smallest absolute Gasteiger partial charge is 0.264 e. The number of sulfonamides is 1. The molecule has 9 heteroatoms. The molecule has 3 aromatic rings. The highest BCUT2D eigenvalue weighted by molar-refractivity contribution is 7.93. The highest BCUT2D eigenvalue weighted by Gasteiger charge is 2.33. The molecular formula is C25H30N4O4S. The quantitative estimate of drug-likeness (QED) is 0.470. The first-order valence-electron chi connectivity index (χ1n) is 11.7. The highest BCUT2D eigenvalue weighted by atomic mass is 32.2. The van der Waals surface area contributed by atoms with Crippen molar-refractivity contribution in [3.05, 3.63) is 60.4 Å². The van der Waals surface area contributed by atoms with Crippen molar-refractivity contribution in [3.63, 3.8) is 0 Å². The van der Waals surface area contributed by atoms with Crippen molar-refractivity contribution in [1.29, 1.82) is 0 Å². The SMILES string of the molecule is CCCCCC1(O)CCN(C(=O)c2ccc(NS(=O)(=O)c3cccc4nccnc34)cc2)CC1. The maximum Gasteiger partial charge on any atom is 0.264 e. The van der Waals surface area contributed by atoms with E-state index >= 15 is 0 Å². The van der Waals surface area contributed by atoms with E-state index in [-0.39, 0.29) is 10.8 Å². The summed E-state index contributed by atoms with van der Waals surface area (Å²) >= 11 is 0. The molecule has 1 fully saturated rings. The Labute approximate surface area is 200 Å². The van der Waals surface area contributed by atoms with Gasteiger partial charge in [0.05, 0.1) is 11.1 Å². The van der Waals surface area contributed by atoms with Crippen LogP contribution < -0.4 is 4.72 Å². The number of hydrogen-bond donors (Lipinski definition) is 2. The molecule has 0 unspecified atom stereocenters. The average molecular weight is 483 g/mol. The molecule has 0 spiro atoms. The second-order valence-electron chi connectivity index (χ2n) is 8.84. The summed E-state index contributed by atoms with van der Waals surface area (Å²) < 4.78 is 28.5. The number of nitrogens with one attached hydrogen (secondary N) is 1. The summed E-state index contributed by atoms with van der Waals surface area (Å²) in [7, 11) is -3.89.